The Morgan fingerprint density at radius 1 is 1.38 bits per heavy atom. The van der Waals surface area contributed by atoms with E-state index in [1.807, 2.05) is 0 Å². The first-order valence-corrected chi connectivity index (χ1v) is 7.39. The lowest BCUT2D eigenvalue weighted by Crippen LogP contribution is -2.56. The fourth-order valence-corrected chi connectivity index (χ4v) is 4.11. The molecule has 0 bridgehead atoms. The minimum absolute atomic E-state index is 0.265. The summed E-state index contributed by atoms with van der Waals surface area (Å²) in [5.41, 5.74) is -0.511. The highest BCUT2D eigenvalue weighted by molar-refractivity contribution is 7.98. The van der Waals surface area contributed by atoms with Gasteiger partial charge in [-0.15, -0.1) is 0 Å². The van der Waals surface area contributed by atoms with E-state index in [0.29, 0.717) is 6.04 Å². The highest BCUT2D eigenvalue weighted by atomic mass is 35.5. The van der Waals surface area contributed by atoms with E-state index in [-0.39, 0.29) is 5.92 Å². The molecule has 94 valence electrons. The number of nitrogens with one attached hydrogen (secondary N) is 1. The van der Waals surface area contributed by atoms with Gasteiger partial charge in [0.2, 0.25) is 0 Å². The number of aliphatic hydroxyl groups is 1. The Morgan fingerprint density at radius 2 is 2.00 bits per heavy atom. The Labute approximate surface area is 107 Å². The van der Waals surface area contributed by atoms with E-state index in [9.17, 15) is 5.11 Å². The van der Waals surface area contributed by atoms with Crippen molar-refractivity contribution in [2.45, 2.75) is 62.7 Å². The third-order valence-electron chi connectivity index (χ3n) is 3.65. The fraction of sp³-hybridized carbons (Fsp3) is 1.00. The SMILES string of the molecule is CC(C)C1(Cl)NSC(O)N1C1CCCCC1. The Kier molecular flexibility index (Phi) is 4.07. The molecule has 1 aliphatic carbocycles. The zero-order chi connectivity index (χ0) is 11.8. The van der Waals surface area contributed by atoms with E-state index < -0.39 is 10.7 Å². The van der Waals surface area contributed by atoms with Gasteiger partial charge in [-0.25, -0.2) is 9.62 Å². The molecule has 2 aliphatic rings. The molecule has 1 saturated carbocycles. The van der Waals surface area contributed by atoms with Gasteiger partial charge < -0.3 is 5.11 Å². The van der Waals surface area contributed by atoms with Gasteiger partial charge in [-0.05, 0) is 24.8 Å². The fourth-order valence-electron chi connectivity index (χ4n) is 2.63. The average Bonchev–Trinajstić information content (AvgIpc) is 2.57. The molecule has 0 aromatic heterocycles. The molecule has 2 N–H and O–H groups in total. The maximum Gasteiger partial charge on any atom is 0.172 e. The molecule has 0 amide bonds. The predicted molar refractivity (Wildman–Crippen MR) is 68.9 cm³/mol. The van der Waals surface area contributed by atoms with E-state index in [2.05, 4.69) is 23.5 Å². The molecule has 1 heterocycles. The van der Waals surface area contributed by atoms with Crippen LogP contribution in [0.3, 0.4) is 0 Å². The maximum atomic E-state index is 10.1. The van der Waals surface area contributed by atoms with E-state index in [0.717, 1.165) is 12.8 Å². The standard InChI is InChI=1S/C11H21ClN2OS/c1-8(2)11(12)13-16-10(15)14(11)9-6-4-3-5-7-9/h8-10,13,15H,3-7H2,1-2H3. The second-order valence-corrected chi connectivity index (χ2v) is 6.51. The van der Waals surface area contributed by atoms with Crippen LogP contribution in [0.15, 0.2) is 0 Å². The molecule has 0 spiro atoms. The van der Waals surface area contributed by atoms with E-state index in [4.69, 9.17) is 11.6 Å². The number of hydrogen-bond donors (Lipinski definition) is 2. The summed E-state index contributed by atoms with van der Waals surface area (Å²) in [5, 5.41) is 9.48. The van der Waals surface area contributed by atoms with Gasteiger partial charge in [0.15, 0.2) is 10.7 Å². The topological polar surface area (TPSA) is 35.5 Å². The predicted octanol–water partition coefficient (Wildman–Crippen LogP) is 2.70. The highest BCUT2D eigenvalue weighted by Crippen LogP contribution is 2.43. The van der Waals surface area contributed by atoms with Crippen LogP contribution in [0.5, 0.6) is 0 Å². The van der Waals surface area contributed by atoms with Gasteiger partial charge in [-0.3, -0.25) is 0 Å². The van der Waals surface area contributed by atoms with Crippen molar-refractivity contribution in [3.8, 4) is 0 Å². The van der Waals surface area contributed by atoms with Crippen LogP contribution in [0.2, 0.25) is 0 Å². The Morgan fingerprint density at radius 3 is 2.56 bits per heavy atom. The molecule has 1 aliphatic heterocycles. The summed E-state index contributed by atoms with van der Waals surface area (Å²) in [6.45, 7) is 4.18. The van der Waals surface area contributed by atoms with Crippen LogP contribution >= 0.6 is 23.5 Å². The van der Waals surface area contributed by atoms with Crippen LogP contribution < -0.4 is 4.72 Å². The Balaban J connectivity index is 2.14. The van der Waals surface area contributed by atoms with Crippen molar-refractivity contribution in [2.75, 3.05) is 0 Å². The quantitative estimate of drug-likeness (QED) is 0.457. The summed E-state index contributed by atoms with van der Waals surface area (Å²) in [4.78, 5) is 2.07. The second-order valence-electron chi connectivity index (χ2n) is 5.07. The lowest BCUT2D eigenvalue weighted by atomic mass is 9.93. The van der Waals surface area contributed by atoms with Gasteiger partial charge in [-0.1, -0.05) is 44.7 Å². The zero-order valence-corrected chi connectivity index (χ0v) is 11.5. The third-order valence-corrected chi connectivity index (χ3v) is 5.36. The second kappa shape index (κ2) is 5.02. The van der Waals surface area contributed by atoms with Gasteiger partial charge in [0.25, 0.3) is 0 Å². The first-order valence-electron chi connectivity index (χ1n) is 6.14. The molecule has 0 radical (unpaired) electrons. The van der Waals surface area contributed by atoms with Crippen molar-refractivity contribution < 1.29 is 5.11 Å². The van der Waals surface area contributed by atoms with Crippen LogP contribution in [0.25, 0.3) is 0 Å². The molecule has 2 atom stereocenters. The first kappa shape index (κ1) is 13.0. The number of halogens is 1. The van der Waals surface area contributed by atoms with Crippen LogP contribution in [0.1, 0.15) is 46.0 Å². The third kappa shape index (κ3) is 2.23. The molecule has 16 heavy (non-hydrogen) atoms. The normalized spacial score (nSPS) is 38.4. The summed E-state index contributed by atoms with van der Waals surface area (Å²) in [5.74, 6) is 0.265. The van der Waals surface area contributed by atoms with Crippen molar-refractivity contribution in [3.05, 3.63) is 0 Å². The summed E-state index contributed by atoms with van der Waals surface area (Å²) in [6, 6.07) is 0.422. The Bertz CT molecular complexity index is 248. The lowest BCUT2D eigenvalue weighted by Gasteiger charge is -2.42. The van der Waals surface area contributed by atoms with Crippen molar-refractivity contribution in [1.29, 1.82) is 0 Å². The summed E-state index contributed by atoms with van der Waals surface area (Å²) < 4.78 is 3.19. The molecule has 2 unspecified atom stereocenters. The van der Waals surface area contributed by atoms with Crippen molar-refractivity contribution >= 4 is 23.5 Å². The molecule has 2 fully saturated rings. The summed E-state index contributed by atoms with van der Waals surface area (Å²) >= 11 is 7.97. The lowest BCUT2D eigenvalue weighted by molar-refractivity contribution is -0.0292. The van der Waals surface area contributed by atoms with Gasteiger partial charge in [-0.2, -0.15) is 0 Å². The number of alkyl halides is 1. The van der Waals surface area contributed by atoms with Gasteiger partial charge in [0.1, 0.15) is 0 Å². The van der Waals surface area contributed by atoms with Crippen molar-refractivity contribution in [3.63, 3.8) is 0 Å². The number of nitrogens with zero attached hydrogens (tertiary/aromatic N) is 1. The average molecular weight is 265 g/mol. The molecular weight excluding hydrogens is 244 g/mol. The smallest absolute Gasteiger partial charge is 0.172 e. The molecule has 2 rings (SSSR count). The van der Waals surface area contributed by atoms with Crippen molar-refractivity contribution in [1.82, 2.24) is 9.62 Å². The largest absolute Gasteiger partial charge is 0.368 e. The number of hydrogen-bond acceptors (Lipinski definition) is 4. The number of rotatable bonds is 2. The highest BCUT2D eigenvalue weighted by Gasteiger charge is 2.50. The zero-order valence-electron chi connectivity index (χ0n) is 9.95. The van der Waals surface area contributed by atoms with Crippen LogP contribution in [0, 0.1) is 5.92 Å². The summed E-state index contributed by atoms with van der Waals surface area (Å²) in [6.07, 6.45) is 6.13. The summed E-state index contributed by atoms with van der Waals surface area (Å²) in [7, 11) is 0. The monoisotopic (exact) mass is 264 g/mol. The van der Waals surface area contributed by atoms with Crippen LogP contribution in [-0.4, -0.2) is 26.7 Å². The maximum absolute atomic E-state index is 10.1. The van der Waals surface area contributed by atoms with Gasteiger partial charge >= 0.3 is 0 Å². The minimum Gasteiger partial charge on any atom is -0.368 e. The molecule has 0 aromatic rings. The van der Waals surface area contributed by atoms with Gasteiger partial charge in [0, 0.05) is 12.0 Å². The Hall–Kier alpha value is 0.520. The molecule has 5 heteroatoms. The number of aliphatic hydroxyl groups excluding tert-OH is 1. The van der Waals surface area contributed by atoms with Crippen molar-refractivity contribution in [2.24, 2.45) is 5.92 Å². The van der Waals surface area contributed by atoms with Crippen LogP contribution in [-0.2, 0) is 0 Å². The van der Waals surface area contributed by atoms with E-state index >= 15 is 0 Å². The van der Waals surface area contributed by atoms with E-state index in [1.165, 1.54) is 31.2 Å². The molecule has 1 saturated heterocycles. The minimum atomic E-state index is -0.591. The van der Waals surface area contributed by atoms with E-state index in [1.54, 1.807) is 0 Å². The molecular formula is C11H21ClN2OS. The van der Waals surface area contributed by atoms with Gasteiger partial charge in [0.05, 0.1) is 0 Å². The molecule has 0 aromatic carbocycles. The first-order chi connectivity index (χ1) is 7.55. The molecule has 3 nitrogen and oxygen atoms in total. The van der Waals surface area contributed by atoms with Crippen LogP contribution in [0.4, 0.5) is 0 Å².